The first-order valence-electron chi connectivity index (χ1n) is 6.35. The van der Waals surface area contributed by atoms with Crippen LogP contribution in [-0.4, -0.2) is 5.78 Å². The Bertz CT molecular complexity index is 627. The lowest BCUT2D eigenvalue weighted by Crippen LogP contribution is -1.94. The van der Waals surface area contributed by atoms with Gasteiger partial charge in [-0.1, -0.05) is 35.9 Å². The Morgan fingerprint density at radius 1 is 1.11 bits per heavy atom. The first-order chi connectivity index (χ1) is 8.65. The molecular weight excluding hydrogens is 220 g/mol. The summed E-state index contributed by atoms with van der Waals surface area (Å²) in [5.41, 5.74) is 7.12. The largest absolute Gasteiger partial charge is 0.294 e. The SMILES string of the molecule is CC1=CC(C)=C(/C=C2\C(=O)Cc3ccccc32)C1. The lowest BCUT2D eigenvalue weighted by Gasteiger charge is -2.02. The van der Waals surface area contributed by atoms with Crippen molar-refractivity contribution in [2.75, 3.05) is 0 Å². The number of rotatable bonds is 1. The van der Waals surface area contributed by atoms with Crippen LogP contribution in [0.4, 0.5) is 0 Å². The predicted molar refractivity (Wildman–Crippen MR) is 74.2 cm³/mol. The van der Waals surface area contributed by atoms with E-state index in [9.17, 15) is 4.79 Å². The van der Waals surface area contributed by atoms with Crippen molar-refractivity contribution < 1.29 is 4.79 Å². The summed E-state index contributed by atoms with van der Waals surface area (Å²) in [4.78, 5) is 12.1. The fourth-order valence-electron chi connectivity index (χ4n) is 2.81. The molecule has 0 aromatic heterocycles. The van der Waals surface area contributed by atoms with Crippen molar-refractivity contribution in [3.63, 3.8) is 0 Å². The molecule has 0 unspecified atom stereocenters. The molecule has 1 heteroatoms. The topological polar surface area (TPSA) is 17.1 Å². The molecule has 18 heavy (non-hydrogen) atoms. The summed E-state index contributed by atoms with van der Waals surface area (Å²) in [6.07, 6.45) is 5.83. The van der Waals surface area contributed by atoms with E-state index in [-0.39, 0.29) is 5.78 Å². The quantitative estimate of drug-likeness (QED) is 0.677. The zero-order chi connectivity index (χ0) is 12.7. The van der Waals surface area contributed by atoms with E-state index in [1.807, 2.05) is 18.2 Å². The maximum Gasteiger partial charge on any atom is 0.167 e. The normalized spacial score (nSPS) is 20.7. The molecule has 1 aromatic carbocycles. The molecule has 1 nitrogen and oxygen atoms in total. The maximum absolute atomic E-state index is 12.1. The Morgan fingerprint density at radius 3 is 2.61 bits per heavy atom. The van der Waals surface area contributed by atoms with Crippen molar-refractivity contribution in [1.82, 2.24) is 0 Å². The number of carbonyl (C=O) groups is 1. The Morgan fingerprint density at radius 2 is 1.89 bits per heavy atom. The molecule has 0 saturated heterocycles. The smallest absolute Gasteiger partial charge is 0.167 e. The molecule has 2 aliphatic carbocycles. The van der Waals surface area contributed by atoms with Crippen molar-refractivity contribution in [3.8, 4) is 0 Å². The second-order valence-corrected chi connectivity index (χ2v) is 5.19. The number of hydrogen-bond donors (Lipinski definition) is 0. The van der Waals surface area contributed by atoms with Gasteiger partial charge in [-0.25, -0.2) is 0 Å². The first-order valence-corrected chi connectivity index (χ1v) is 6.35. The van der Waals surface area contributed by atoms with Gasteiger partial charge in [-0.05, 0) is 48.6 Å². The fourth-order valence-corrected chi connectivity index (χ4v) is 2.81. The third-order valence-corrected chi connectivity index (χ3v) is 3.72. The van der Waals surface area contributed by atoms with Crippen LogP contribution in [0.1, 0.15) is 31.4 Å². The molecule has 90 valence electrons. The Hall–Kier alpha value is -1.89. The van der Waals surface area contributed by atoms with Crippen LogP contribution in [0.5, 0.6) is 0 Å². The van der Waals surface area contributed by atoms with Gasteiger partial charge in [-0.3, -0.25) is 4.79 Å². The van der Waals surface area contributed by atoms with Gasteiger partial charge >= 0.3 is 0 Å². The summed E-state index contributed by atoms with van der Waals surface area (Å²) < 4.78 is 0. The first kappa shape index (κ1) is 11.2. The third kappa shape index (κ3) is 1.76. The molecular formula is C17H16O. The minimum atomic E-state index is 0.251. The number of Topliss-reactive ketones (excluding diaryl/α,β-unsaturated/α-hetero) is 1. The molecule has 0 aliphatic heterocycles. The number of allylic oxidation sites excluding steroid dienone is 6. The number of ketones is 1. The van der Waals surface area contributed by atoms with Gasteiger partial charge < -0.3 is 0 Å². The number of hydrogen-bond acceptors (Lipinski definition) is 1. The van der Waals surface area contributed by atoms with Gasteiger partial charge in [0.05, 0.1) is 0 Å². The minimum Gasteiger partial charge on any atom is -0.294 e. The van der Waals surface area contributed by atoms with Gasteiger partial charge in [0.15, 0.2) is 5.78 Å². The summed E-state index contributed by atoms with van der Waals surface area (Å²) in [5.74, 6) is 0.251. The number of carbonyl (C=O) groups excluding carboxylic acids is 1. The molecule has 0 saturated carbocycles. The summed E-state index contributed by atoms with van der Waals surface area (Å²) in [6, 6.07) is 8.11. The van der Waals surface area contributed by atoms with E-state index in [0.29, 0.717) is 6.42 Å². The van der Waals surface area contributed by atoms with Crippen molar-refractivity contribution >= 4 is 11.4 Å². The molecule has 0 bridgehead atoms. The summed E-state index contributed by atoms with van der Waals surface area (Å²) >= 11 is 0. The lowest BCUT2D eigenvalue weighted by molar-refractivity contribution is -0.112. The Kier molecular flexibility index (Phi) is 2.55. The van der Waals surface area contributed by atoms with E-state index in [0.717, 1.165) is 23.1 Å². The van der Waals surface area contributed by atoms with E-state index < -0.39 is 0 Å². The Balaban J connectivity index is 2.04. The lowest BCUT2D eigenvalue weighted by atomic mass is 10.0. The van der Waals surface area contributed by atoms with Gasteiger partial charge in [0.25, 0.3) is 0 Å². The van der Waals surface area contributed by atoms with Crippen LogP contribution >= 0.6 is 0 Å². The highest BCUT2D eigenvalue weighted by atomic mass is 16.1. The van der Waals surface area contributed by atoms with Gasteiger partial charge in [-0.2, -0.15) is 0 Å². The molecule has 0 fully saturated rings. The molecule has 0 atom stereocenters. The zero-order valence-corrected chi connectivity index (χ0v) is 10.8. The van der Waals surface area contributed by atoms with Crippen LogP contribution in [-0.2, 0) is 11.2 Å². The molecule has 0 N–H and O–H groups in total. The monoisotopic (exact) mass is 236 g/mol. The molecule has 1 aromatic rings. The maximum atomic E-state index is 12.1. The summed E-state index contributed by atoms with van der Waals surface area (Å²) in [7, 11) is 0. The van der Waals surface area contributed by atoms with Crippen LogP contribution in [0.25, 0.3) is 5.57 Å². The Labute approximate surface area is 108 Å². The summed E-state index contributed by atoms with van der Waals surface area (Å²) in [5, 5.41) is 0. The molecule has 2 aliphatic rings. The van der Waals surface area contributed by atoms with Crippen LogP contribution < -0.4 is 0 Å². The van der Waals surface area contributed by atoms with Gasteiger partial charge in [0, 0.05) is 12.0 Å². The molecule has 0 radical (unpaired) electrons. The highest BCUT2D eigenvalue weighted by molar-refractivity contribution is 6.25. The van der Waals surface area contributed by atoms with E-state index in [2.05, 4.69) is 32.1 Å². The van der Waals surface area contributed by atoms with Crippen LogP contribution in [0, 0.1) is 0 Å². The molecule has 3 rings (SSSR count). The van der Waals surface area contributed by atoms with Gasteiger partial charge in [-0.15, -0.1) is 0 Å². The van der Waals surface area contributed by atoms with Gasteiger partial charge in [0.1, 0.15) is 0 Å². The van der Waals surface area contributed by atoms with Crippen molar-refractivity contribution in [2.24, 2.45) is 0 Å². The fraction of sp³-hybridized carbons (Fsp3) is 0.235. The minimum absolute atomic E-state index is 0.251. The van der Waals surface area contributed by atoms with E-state index in [4.69, 9.17) is 0 Å². The average molecular weight is 236 g/mol. The second-order valence-electron chi connectivity index (χ2n) is 5.19. The van der Waals surface area contributed by atoms with E-state index in [1.165, 1.54) is 16.7 Å². The van der Waals surface area contributed by atoms with Crippen LogP contribution in [0.15, 0.2) is 53.1 Å². The average Bonchev–Trinajstić information content (AvgIpc) is 2.81. The number of benzene rings is 1. The zero-order valence-electron chi connectivity index (χ0n) is 10.8. The van der Waals surface area contributed by atoms with Crippen LogP contribution in [0.2, 0.25) is 0 Å². The van der Waals surface area contributed by atoms with E-state index in [1.54, 1.807) is 0 Å². The van der Waals surface area contributed by atoms with Crippen molar-refractivity contribution in [1.29, 1.82) is 0 Å². The second kappa shape index (κ2) is 4.09. The molecule has 0 heterocycles. The third-order valence-electron chi connectivity index (χ3n) is 3.72. The number of fused-ring (bicyclic) bond motifs is 1. The van der Waals surface area contributed by atoms with E-state index >= 15 is 0 Å². The standard InChI is InChI=1S/C17H16O/c1-11-7-12(2)14(8-11)9-16-15-6-4-3-5-13(15)10-17(16)18/h3-7,9H,8,10H2,1-2H3/b16-9-. The highest BCUT2D eigenvalue weighted by Gasteiger charge is 2.24. The molecule has 0 amide bonds. The molecule has 0 spiro atoms. The van der Waals surface area contributed by atoms with Crippen LogP contribution in [0.3, 0.4) is 0 Å². The predicted octanol–water partition coefficient (Wildman–Crippen LogP) is 3.86. The van der Waals surface area contributed by atoms with Crippen molar-refractivity contribution in [2.45, 2.75) is 26.7 Å². The highest BCUT2D eigenvalue weighted by Crippen LogP contribution is 2.33. The summed E-state index contributed by atoms with van der Waals surface area (Å²) in [6.45, 7) is 4.26. The van der Waals surface area contributed by atoms with Crippen molar-refractivity contribution in [3.05, 3.63) is 64.3 Å². The van der Waals surface area contributed by atoms with Gasteiger partial charge in [0.2, 0.25) is 0 Å².